The Morgan fingerprint density at radius 2 is 1.78 bits per heavy atom. The van der Waals surface area contributed by atoms with E-state index in [-0.39, 0.29) is 5.91 Å². The van der Waals surface area contributed by atoms with E-state index in [0.29, 0.717) is 22.2 Å². The number of hydrogen-bond donors (Lipinski definition) is 1. The lowest BCUT2D eigenvalue weighted by Crippen LogP contribution is -2.28. The molecule has 3 rings (SSSR count). The fraction of sp³-hybridized carbons (Fsp3) is 0.278. The largest absolute Gasteiger partial charge is 0.497 e. The Bertz CT molecular complexity index is 724. The summed E-state index contributed by atoms with van der Waals surface area (Å²) in [7, 11) is 3.16. The summed E-state index contributed by atoms with van der Waals surface area (Å²) in [6.45, 7) is 0. The first-order valence-corrected chi connectivity index (χ1v) is 7.76. The van der Waals surface area contributed by atoms with E-state index in [1.807, 2.05) is 24.3 Å². The van der Waals surface area contributed by atoms with E-state index in [4.69, 9.17) is 21.1 Å². The molecule has 0 atom stereocenters. The van der Waals surface area contributed by atoms with Gasteiger partial charge in [0.2, 0.25) is 5.91 Å². The molecule has 0 heterocycles. The van der Waals surface area contributed by atoms with Crippen LogP contribution in [0.1, 0.15) is 18.4 Å². The number of carbonyl (C=O) groups excluding carboxylic acids is 1. The minimum atomic E-state index is -0.474. The van der Waals surface area contributed by atoms with Gasteiger partial charge in [0.25, 0.3) is 0 Å². The van der Waals surface area contributed by atoms with Crippen LogP contribution in [0.25, 0.3) is 0 Å². The molecule has 1 saturated carbocycles. The third kappa shape index (κ3) is 2.99. The smallest absolute Gasteiger partial charge is 0.235 e. The number of hydrogen-bond acceptors (Lipinski definition) is 3. The number of nitrogens with one attached hydrogen (secondary N) is 1. The number of benzene rings is 2. The van der Waals surface area contributed by atoms with Crippen LogP contribution in [0.5, 0.6) is 11.5 Å². The molecule has 23 heavy (non-hydrogen) atoms. The molecular weight excluding hydrogens is 314 g/mol. The lowest BCUT2D eigenvalue weighted by atomic mass is 9.95. The van der Waals surface area contributed by atoms with Gasteiger partial charge in [0.1, 0.15) is 11.5 Å². The van der Waals surface area contributed by atoms with Gasteiger partial charge in [-0.1, -0.05) is 23.7 Å². The van der Waals surface area contributed by atoms with Crippen LogP contribution in [-0.2, 0) is 10.2 Å². The maximum absolute atomic E-state index is 12.8. The first kappa shape index (κ1) is 15.7. The van der Waals surface area contributed by atoms with E-state index in [9.17, 15) is 4.79 Å². The maximum atomic E-state index is 12.8. The van der Waals surface area contributed by atoms with Gasteiger partial charge in [0.15, 0.2) is 0 Å². The summed E-state index contributed by atoms with van der Waals surface area (Å²) in [6, 6.07) is 12.8. The molecule has 1 fully saturated rings. The number of anilines is 1. The molecule has 4 nitrogen and oxygen atoms in total. The molecule has 2 aromatic rings. The SMILES string of the molecule is COc1ccc(OC)c(NC(=O)C2(c3ccc(Cl)cc3)CC2)c1. The molecule has 1 aliphatic rings. The average molecular weight is 332 g/mol. The standard InChI is InChI=1S/C18H18ClNO3/c1-22-14-7-8-16(23-2)15(11-14)20-17(21)18(9-10-18)12-3-5-13(19)6-4-12/h3-8,11H,9-10H2,1-2H3,(H,20,21). The summed E-state index contributed by atoms with van der Waals surface area (Å²) < 4.78 is 10.5. The highest BCUT2D eigenvalue weighted by molar-refractivity contribution is 6.30. The highest BCUT2D eigenvalue weighted by Crippen LogP contribution is 2.49. The molecule has 2 aromatic carbocycles. The number of methoxy groups -OCH3 is 2. The Labute approximate surface area is 140 Å². The van der Waals surface area contributed by atoms with E-state index >= 15 is 0 Å². The van der Waals surface area contributed by atoms with Crippen LogP contribution >= 0.6 is 11.6 Å². The number of carbonyl (C=O) groups is 1. The van der Waals surface area contributed by atoms with Crippen LogP contribution in [0, 0.1) is 0 Å². The van der Waals surface area contributed by atoms with Crippen LogP contribution in [-0.4, -0.2) is 20.1 Å². The molecule has 0 bridgehead atoms. The molecular formula is C18H18ClNO3. The molecule has 5 heteroatoms. The van der Waals surface area contributed by atoms with Crippen molar-refractivity contribution in [3.8, 4) is 11.5 Å². The third-order valence-corrected chi connectivity index (χ3v) is 4.49. The van der Waals surface area contributed by atoms with Gasteiger partial charge in [0.05, 0.1) is 25.3 Å². The second-order valence-corrected chi connectivity index (χ2v) is 6.05. The van der Waals surface area contributed by atoms with Crippen molar-refractivity contribution in [3.05, 3.63) is 53.1 Å². The van der Waals surface area contributed by atoms with Crippen molar-refractivity contribution >= 4 is 23.2 Å². The fourth-order valence-electron chi connectivity index (χ4n) is 2.69. The van der Waals surface area contributed by atoms with Crippen LogP contribution in [0.3, 0.4) is 0 Å². The Morgan fingerprint density at radius 3 is 2.35 bits per heavy atom. The zero-order valence-corrected chi connectivity index (χ0v) is 13.8. The average Bonchev–Trinajstić information content (AvgIpc) is 3.37. The molecule has 0 unspecified atom stereocenters. The monoisotopic (exact) mass is 331 g/mol. The maximum Gasteiger partial charge on any atom is 0.235 e. The van der Waals surface area contributed by atoms with Crippen LogP contribution < -0.4 is 14.8 Å². The van der Waals surface area contributed by atoms with Crippen molar-refractivity contribution in [2.75, 3.05) is 19.5 Å². The van der Waals surface area contributed by atoms with E-state index in [0.717, 1.165) is 18.4 Å². The zero-order chi connectivity index (χ0) is 16.4. The normalized spacial score (nSPS) is 14.9. The van der Waals surface area contributed by atoms with Gasteiger partial charge in [-0.2, -0.15) is 0 Å². The minimum Gasteiger partial charge on any atom is -0.497 e. The number of amides is 1. The second-order valence-electron chi connectivity index (χ2n) is 5.61. The highest BCUT2D eigenvalue weighted by Gasteiger charge is 2.51. The van der Waals surface area contributed by atoms with Crippen molar-refractivity contribution in [3.63, 3.8) is 0 Å². The predicted octanol–water partition coefficient (Wildman–Crippen LogP) is 4.03. The number of ether oxygens (including phenoxy) is 2. The van der Waals surface area contributed by atoms with Gasteiger partial charge in [-0.3, -0.25) is 4.79 Å². The molecule has 0 aliphatic heterocycles. The first-order valence-electron chi connectivity index (χ1n) is 7.38. The summed E-state index contributed by atoms with van der Waals surface area (Å²) >= 11 is 5.93. The second kappa shape index (κ2) is 6.13. The summed E-state index contributed by atoms with van der Waals surface area (Å²) in [5, 5.41) is 3.64. The predicted molar refractivity (Wildman–Crippen MR) is 90.5 cm³/mol. The van der Waals surface area contributed by atoms with Crippen molar-refractivity contribution in [1.82, 2.24) is 0 Å². The summed E-state index contributed by atoms with van der Waals surface area (Å²) in [5.41, 5.74) is 1.12. The summed E-state index contributed by atoms with van der Waals surface area (Å²) in [5.74, 6) is 1.23. The first-order chi connectivity index (χ1) is 11.1. The van der Waals surface area contributed by atoms with E-state index in [1.165, 1.54) is 0 Å². The van der Waals surface area contributed by atoms with Crippen molar-refractivity contribution < 1.29 is 14.3 Å². The highest BCUT2D eigenvalue weighted by atomic mass is 35.5. The van der Waals surface area contributed by atoms with Crippen molar-refractivity contribution in [2.24, 2.45) is 0 Å². The lowest BCUT2D eigenvalue weighted by Gasteiger charge is -2.18. The quantitative estimate of drug-likeness (QED) is 0.900. The van der Waals surface area contributed by atoms with Crippen molar-refractivity contribution in [2.45, 2.75) is 18.3 Å². The Kier molecular flexibility index (Phi) is 4.18. The van der Waals surface area contributed by atoms with E-state index < -0.39 is 5.41 Å². The van der Waals surface area contributed by atoms with Gasteiger partial charge in [-0.05, 0) is 42.7 Å². The minimum absolute atomic E-state index is 0.0358. The van der Waals surface area contributed by atoms with Gasteiger partial charge >= 0.3 is 0 Å². The van der Waals surface area contributed by atoms with Crippen LogP contribution in [0.2, 0.25) is 5.02 Å². The van der Waals surface area contributed by atoms with Gasteiger partial charge in [-0.25, -0.2) is 0 Å². The molecule has 0 aromatic heterocycles. The Balaban J connectivity index is 1.86. The molecule has 0 spiro atoms. The van der Waals surface area contributed by atoms with Gasteiger partial charge in [0, 0.05) is 11.1 Å². The van der Waals surface area contributed by atoms with Crippen LogP contribution in [0.15, 0.2) is 42.5 Å². The zero-order valence-electron chi connectivity index (χ0n) is 13.1. The fourth-order valence-corrected chi connectivity index (χ4v) is 2.82. The molecule has 1 aliphatic carbocycles. The molecule has 0 saturated heterocycles. The number of rotatable bonds is 5. The third-order valence-electron chi connectivity index (χ3n) is 4.24. The molecule has 1 amide bonds. The van der Waals surface area contributed by atoms with Gasteiger partial charge in [-0.15, -0.1) is 0 Å². The Hall–Kier alpha value is -2.20. The summed E-state index contributed by atoms with van der Waals surface area (Å²) in [4.78, 5) is 12.8. The van der Waals surface area contributed by atoms with Crippen molar-refractivity contribution in [1.29, 1.82) is 0 Å². The summed E-state index contributed by atoms with van der Waals surface area (Å²) in [6.07, 6.45) is 1.65. The molecule has 120 valence electrons. The van der Waals surface area contributed by atoms with Gasteiger partial charge < -0.3 is 14.8 Å². The topological polar surface area (TPSA) is 47.6 Å². The van der Waals surface area contributed by atoms with Crippen LogP contribution in [0.4, 0.5) is 5.69 Å². The Morgan fingerprint density at radius 1 is 1.09 bits per heavy atom. The lowest BCUT2D eigenvalue weighted by molar-refractivity contribution is -0.118. The van der Waals surface area contributed by atoms with E-state index in [2.05, 4.69) is 5.32 Å². The molecule has 0 radical (unpaired) electrons. The number of halogens is 1. The molecule has 1 N–H and O–H groups in total. The van der Waals surface area contributed by atoms with E-state index in [1.54, 1.807) is 32.4 Å².